The van der Waals surface area contributed by atoms with Crippen LogP contribution in [-0.2, 0) is 11.2 Å². The van der Waals surface area contributed by atoms with Crippen molar-refractivity contribution in [3.63, 3.8) is 0 Å². The first kappa shape index (κ1) is 12.9. The van der Waals surface area contributed by atoms with Gasteiger partial charge in [-0.3, -0.25) is 14.6 Å². The van der Waals surface area contributed by atoms with E-state index in [1.165, 1.54) is 17.6 Å². The van der Waals surface area contributed by atoms with Crippen LogP contribution in [-0.4, -0.2) is 27.3 Å². The molecule has 2 aromatic heterocycles. The smallest absolute Gasteiger partial charge is 0.273 e. The number of H-pyrrole nitrogens is 2. The molecule has 19 heavy (non-hydrogen) atoms. The zero-order valence-corrected chi connectivity index (χ0v) is 10.4. The van der Waals surface area contributed by atoms with E-state index in [0.717, 1.165) is 4.88 Å². The van der Waals surface area contributed by atoms with Crippen LogP contribution < -0.4 is 16.7 Å². The summed E-state index contributed by atoms with van der Waals surface area (Å²) in [4.78, 5) is 36.4. The van der Waals surface area contributed by atoms with Crippen LogP contribution in [0.5, 0.6) is 0 Å². The number of amides is 1. The molecule has 0 fully saturated rings. The van der Waals surface area contributed by atoms with Crippen LogP contribution in [0.2, 0.25) is 0 Å². The molecule has 0 bridgehead atoms. The Balaban J connectivity index is 1.94. The second kappa shape index (κ2) is 5.87. The number of thiophene rings is 1. The summed E-state index contributed by atoms with van der Waals surface area (Å²) in [7, 11) is 0. The van der Waals surface area contributed by atoms with E-state index in [4.69, 9.17) is 0 Å². The Morgan fingerprint density at radius 2 is 2.37 bits per heavy atom. The van der Waals surface area contributed by atoms with E-state index in [1.54, 1.807) is 0 Å². The first-order chi connectivity index (χ1) is 9.15. The van der Waals surface area contributed by atoms with E-state index in [-0.39, 0.29) is 12.1 Å². The molecule has 0 aliphatic rings. The van der Waals surface area contributed by atoms with Gasteiger partial charge in [0.2, 0.25) is 5.91 Å². The Bertz CT molecular complexity index is 700. The number of rotatable bonds is 4. The summed E-state index contributed by atoms with van der Waals surface area (Å²) in [6.07, 6.45) is 1.22. The highest BCUT2D eigenvalue weighted by atomic mass is 32.1. The van der Waals surface area contributed by atoms with Crippen molar-refractivity contribution in [2.24, 2.45) is 5.10 Å². The van der Waals surface area contributed by atoms with Gasteiger partial charge in [0.25, 0.3) is 5.56 Å². The van der Waals surface area contributed by atoms with Gasteiger partial charge < -0.3 is 0 Å². The molecule has 0 aliphatic heterocycles. The Hall–Kier alpha value is -2.55. The van der Waals surface area contributed by atoms with Crippen LogP contribution in [0.3, 0.4) is 0 Å². The highest BCUT2D eigenvalue weighted by Crippen LogP contribution is 2.03. The number of aromatic nitrogens is 3. The van der Waals surface area contributed by atoms with Crippen molar-refractivity contribution in [2.45, 2.75) is 6.42 Å². The number of carbonyl (C=O) groups excluding carboxylic acids is 1. The highest BCUT2D eigenvalue weighted by molar-refractivity contribution is 7.11. The largest absolute Gasteiger partial charge is 0.342 e. The fraction of sp³-hybridized carbons (Fsp3) is 0.100. The quantitative estimate of drug-likeness (QED) is 0.502. The van der Waals surface area contributed by atoms with Gasteiger partial charge in [-0.2, -0.15) is 10.2 Å². The van der Waals surface area contributed by atoms with Crippen molar-refractivity contribution in [1.29, 1.82) is 0 Å². The van der Waals surface area contributed by atoms with E-state index >= 15 is 0 Å². The summed E-state index contributed by atoms with van der Waals surface area (Å²) in [5, 5.41) is 11.1. The minimum atomic E-state index is -0.718. The third kappa shape index (κ3) is 3.71. The molecule has 98 valence electrons. The monoisotopic (exact) mass is 279 g/mol. The second-order valence-electron chi connectivity index (χ2n) is 3.44. The average molecular weight is 279 g/mol. The summed E-state index contributed by atoms with van der Waals surface area (Å²) in [5.41, 5.74) is 0.772. The molecular formula is C10H9N5O3S. The molecule has 2 aromatic rings. The lowest BCUT2D eigenvalue weighted by molar-refractivity contribution is -0.120. The number of aromatic amines is 2. The topological polar surface area (TPSA) is 120 Å². The molecule has 8 nitrogen and oxygen atoms in total. The summed E-state index contributed by atoms with van der Waals surface area (Å²) in [5.74, 6) is -0.502. The Morgan fingerprint density at radius 1 is 1.53 bits per heavy atom. The van der Waals surface area contributed by atoms with Gasteiger partial charge in [-0.25, -0.2) is 15.3 Å². The zero-order chi connectivity index (χ0) is 13.7. The van der Waals surface area contributed by atoms with E-state index < -0.39 is 17.2 Å². The van der Waals surface area contributed by atoms with Crippen molar-refractivity contribution in [2.75, 3.05) is 0 Å². The molecule has 0 saturated heterocycles. The Kier molecular flexibility index (Phi) is 3.98. The number of carbonyl (C=O) groups is 1. The molecule has 1 amide bonds. The van der Waals surface area contributed by atoms with Gasteiger partial charge in [0.05, 0.1) is 12.6 Å². The minimum absolute atomic E-state index is 0.0802. The van der Waals surface area contributed by atoms with Crippen LogP contribution in [0, 0.1) is 0 Å². The van der Waals surface area contributed by atoms with E-state index in [2.05, 4.69) is 15.6 Å². The van der Waals surface area contributed by atoms with Crippen molar-refractivity contribution in [1.82, 2.24) is 20.6 Å². The van der Waals surface area contributed by atoms with Gasteiger partial charge in [-0.05, 0) is 11.4 Å². The van der Waals surface area contributed by atoms with Crippen molar-refractivity contribution < 1.29 is 4.79 Å². The molecule has 0 atom stereocenters. The number of hydrogen-bond acceptors (Lipinski definition) is 6. The first-order valence-electron chi connectivity index (χ1n) is 5.18. The maximum absolute atomic E-state index is 11.5. The fourth-order valence-electron chi connectivity index (χ4n) is 1.22. The maximum Gasteiger partial charge on any atom is 0.342 e. The van der Waals surface area contributed by atoms with Crippen molar-refractivity contribution >= 4 is 23.5 Å². The lowest BCUT2D eigenvalue weighted by atomic mass is 10.3. The molecule has 2 heterocycles. The SMILES string of the molecule is O=C(Cc1n[nH]c(=O)[nH]c1=O)N/N=C/c1cccs1. The van der Waals surface area contributed by atoms with E-state index in [0.29, 0.717) is 0 Å². The molecule has 3 N–H and O–H groups in total. The van der Waals surface area contributed by atoms with Crippen LogP contribution in [0.25, 0.3) is 0 Å². The van der Waals surface area contributed by atoms with E-state index in [9.17, 15) is 14.4 Å². The average Bonchev–Trinajstić information content (AvgIpc) is 2.86. The van der Waals surface area contributed by atoms with Crippen LogP contribution in [0.1, 0.15) is 10.6 Å². The van der Waals surface area contributed by atoms with Crippen molar-refractivity contribution in [3.05, 3.63) is 48.9 Å². The lowest BCUT2D eigenvalue weighted by Crippen LogP contribution is -2.31. The zero-order valence-electron chi connectivity index (χ0n) is 9.54. The summed E-state index contributed by atoms with van der Waals surface area (Å²) in [6.45, 7) is 0. The van der Waals surface area contributed by atoms with Gasteiger partial charge in [-0.15, -0.1) is 11.3 Å². The molecule has 0 aliphatic carbocycles. The number of nitrogens with zero attached hydrogens (tertiary/aromatic N) is 2. The normalized spacial score (nSPS) is 10.7. The van der Waals surface area contributed by atoms with Gasteiger partial charge in [0.15, 0.2) is 0 Å². The molecule has 0 unspecified atom stereocenters. The maximum atomic E-state index is 11.5. The van der Waals surface area contributed by atoms with Gasteiger partial charge >= 0.3 is 5.69 Å². The molecule has 0 saturated carbocycles. The molecule has 0 aromatic carbocycles. The summed E-state index contributed by atoms with van der Waals surface area (Å²) in [6, 6.07) is 3.70. The standard InChI is InChI=1S/C10H9N5O3S/c16-8(14-11-5-6-2-1-3-19-6)4-7-9(17)12-10(18)15-13-7/h1-3,5H,4H2,(H,14,16)(H2,12,15,17,18)/b11-5+. The van der Waals surface area contributed by atoms with Crippen LogP contribution in [0.15, 0.2) is 32.2 Å². The van der Waals surface area contributed by atoms with Crippen LogP contribution >= 0.6 is 11.3 Å². The van der Waals surface area contributed by atoms with Gasteiger partial charge in [-0.1, -0.05) is 6.07 Å². The first-order valence-corrected chi connectivity index (χ1v) is 6.06. The van der Waals surface area contributed by atoms with Crippen molar-refractivity contribution in [3.8, 4) is 0 Å². The van der Waals surface area contributed by atoms with Gasteiger partial charge in [0.1, 0.15) is 5.69 Å². The van der Waals surface area contributed by atoms with Gasteiger partial charge in [0, 0.05) is 4.88 Å². The second-order valence-corrected chi connectivity index (χ2v) is 4.42. The molecule has 9 heteroatoms. The molecular weight excluding hydrogens is 270 g/mol. The Morgan fingerprint density at radius 3 is 3.05 bits per heavy atom. The minimum Gasteiger partial charge on any atom is -0.273 e. The predicted molar refractivity (Wildman–Crippen MR) is 69.2 cm³/mol. The summed E-state index contributed by atoms with van der Waals surface area (Å²) < 4.78 is 0. The fourth-order valence-corrected chi connectivity index (χ4v) is 1.80. The Labute approximate surface area is 110 Å². The third-order valence-electron chi connectivity index (χ3n) is 2.03. The third-order valence-corrected chi connectivity index (χ3v) is 2.84. The highest BCUT2D eigenvalue weighted by Gasteiger charge is 2.08. The number of hydrazone groups is 1. The molecule has 0 radical (unpaired) electrons. The number of hydrogen-bond donors (Lipinski definition) is 3. The predicted octanol–water partition coefficient (Wildman–Crippen LogP) is -0.787. The lowest BCUT2D eigenvalue weighted by Gasteiger charge is -1.97. The van der Waals surface area contributed by atoms with Crippen LogP contribution in [0.4, 0.5) is 0 Å². The summed E-state index contributed by atoms with van der Waals surface area (Å²) >= 11 is 1.47. The van der Waals surface area contributed by atoms with E-state index in [1.807, 2.05) is 27.6 Å². The molecule has 2 rings (SSSR count). The number of nitrogens with one attached hydrogen (secondary N) is 3. The molecule has 0 spiro atoms.